The Morgan fingerprint density at radius 3 is 2.58 bits per heavy atom. The number of nitrogens with zero attached hydrogens (tertiary/aromatic N) is 2. The molecule has 0 saturated heterocycles. The summed E-state index contributed by atoms with van der Waals surface area (Å²) >= 11 is 0. The van der Waals surface area contributed by atoms with Gasteiger partial charge in [-0.05, 0) is 59.2 Å². The summed E-state index contributed by atoms with van der Waals surface area (Å²) in [5, 5.41) is 19.4. The molecule has 0 radical (unpaired) electrons. The lowest BCUT2D eigenvalue weighted by molar-refractivity contribution is 0.469. The number of rotatable bonds is 3. The van der Waals surface area contributed by atoms with Gasteiger partial charge < -0.3 is 15.8 Å². The molecule has 6 aromatic rings. The lowest BCUT2D eigenvalue weighted by Crippen LogP contribution is -1.87. The summed E-state index contributed by atoms with van der Waals surface area (Å²) in [6.45, 7) is 0. The fraction of sp³-hybridized carbons (Fsp3) is 0. The predicted molar refractivity (Wildman–Crippen MR) is 128 cm³/mol. The van der Waals surface area contributed by atoms with Gasteiger partial charge in [-0.1, -0.05) is 18.2 Å². The van der Waals surface area contributed by atoms with Crippen LogP contribution in [-0.4, -0.2) is 25.3 Å². The molecular formula is C26H18FN5O. The highest BCUT2D eigenvalue weighted by molar-refractivity contribution is 6.02. The van der Waals surface area contributed by atoms with E-state index in [9.17, 15) is 9.50 Å². The Hall–Kier alpha value is -4.65. The maximum absolute atomic E-state index is 13.9. The number of aromatic amines is 2. The van der Waals surface area contributed by atoms with Crippen LogP contribution >= 0.6 is 0 Å². The molecule has 0 amide bonds. The molecule has 5 N–H and O–H groups in total. The summed E-state index contributed by atoms with van der Waals surface area (Å²) in [5.41, 5.74) is 13.2. The minimum atomic E-state index is -0.486. The molecule has 0 aliphatic carbocycles. The average molecular weight is 435 g/mol. The number of nitrogen functional groups attached to an aromatic ring is 1. The Bertz CT molecular complexity index is 1650. The lowest BCUT2D eigenvalue weighted by atomic mass is 10.0. The van der Waals surface area contributed by atoms with Gasteiger partial charge in [0.05, 0.1) is 16.9 Å². The van der Waals surface area contributed by atoms with E-state index in [2.05, 4.69) is 26.2 Å². The second-order valence-corrected chi connectivity index (χ2v) is 7.99. The van der Waals surface area contributed by atoms with Gasteiger partial charge >= 0.3 is 0 Å². The largest absolute Gasteiger partial charge is 0.508 e. The molecule has 0 spiro atoms. The summed E-state index contributed by atoms with van der Waals surface area (Å²) in [6, 6.07) is 19.7. The molecule has 0 unspecified atom stereocenters. The minimum absolute atomic E-state index is 0.111. The highest BCUT2D eigenvalue weighted by Crippen LogP contribution is 2.36. The highest BCUT2D eigenvalue weighted by Gasteiger charge is 2.15. The van der Waals surface area contributed by atoms with E-state index >= 15 is 0 Å². The van der Waals surface area contributed by atoms with Gasteiger partial charge in [0.2, 0.25) is 0 Å². The summed E-state index contributed by atoms with van der Waals surface area (Å²) in [7, 11) is 0. The van der Waals surface area contributed by atoms with Gasteiger partial charge in [0.15, 0.2) is 0 Å². The minimum Gasteiger partial charge on any atom is -0.508 e. The molecule has 6 rings (SSSR count). The van der Waals surface area contributed by atoms with Crippen LogP contribution in [0.1, 0.15) is 0 Å². The number of phenolic OH excluding ortho intramolecular Hbond substituents is 1. The molecule has 3 heterocycles. The Morgan fingerprint density at radius 2 is 1.73 bits per heavy atom. The number of pyridine rings is 1. The van der Waals surface area contributed by atoms with Crippen molar-refractivity contribution in [2.75, 3.05) is 5.73 Å². The van der Waals surface area contributed by atoms with Crippen molar-refractivity contribution in [1.82, 2.24) is 20.2 Å². The molecule has 0 fully saturated rings. The summed E-state index contributed by atoms with van der Waals surface area (Å²) < 4.78 is 13.9. The number of aromatic hydroxyl groups is 1. The Labute approximate surface area is 187 Å². The summed E-state index contributed by atoms with van der Waals surface area (Å²) in [5.74, 6) is -0.598. The average Bonchev–Trinajstić information content (AvgIpc) is 3.41. The number of hydrogen-bond donors (Lipinski definition) is 4. The second kappa shape index (κ2) is 7.20. The molecule has 0 aliphatic rings. The smallest absolute Gasteiger partial charge is 0.127 e. The quantitative estimate of drug-likeness (QED) is 0.279. The van der Waals surface area contributed by atoms with Crippen LogP contribution in [0.25, 0.3) is 55.4 Å². The SMILES string of the molecule is Nc1cncc(-c2ccc3[nH]nc(-c4cc5c(-c6cc(O)cc(F)c6)cccc5[nH]4)c3c2)c1. The van der Waals surface area contributed by atoms with Crippen LogP contribution in [0, 0.1) is 5.82 Å². The van der Waals surface area contributed by atoms with E-state index in [0.717, 1.165) is 56.0 Å². The third kappa shape index (κ3) is 3.27. The van der Waals surface area contributed by atoms with Gasteiger partial charge in [0, 0.05) is 40.3 Å². The van der Waals surface area contributed by atoms with Crippen LogP contribution in [0.3, 0.4) is 0 Å². The van der Waals surface area contributed by atoms with Crippen LogP contribution in [-0.2, 0) is 0 Å². The molecule has 0 aliphatic heterocycles. The molecule has 7 heteroatoms. The fourth-order valence-corrected chi connectivity index (χ4v) is 4.28. The molecular weight excluding hydrogens is 417 g/mol. The molecule has 0 atom stereocenters. The number of fused-ring (bicyclic) bond motifs is 2. The number of halogens is 1. The monoisotopic (exact) mass is 435 g/mol. The van der Waals surface area contributed by atoms with E-state index in [4.69, 9.17) is 5.73 Å². The first-order valence-electron chi connectivity index (χ1n) is 10.4. The van der Waals surface area contributed by atoms with Crippen LogP contribution < -0.4 is 5.73 Å². The van der Waals surface area contributed by atoms with Gasteiger partial charge in [-0.3, -0.25) is 10.1 Å². The van der Waals surface area contributed by atoms with Crippen molar-refractivity contribution < 1.29 is 9.50 Å². The third-order valence-corrected chi connectivity index (χ3v) is 5.77. The van der Waals surface area contributed by atoms with E-state index in [-0.39, 0.29) is 5.75 Å². The van der Waals surface area contributed by atoms with Crippen molar-refractivity contribution in [3.05, 3.63) is 84.9 Å². The Kier molecular flexibility index (Phi) is 4.16. The number of hydrogen-bond acceptors (Lipinski definition) is 4. The molecule has 0 bridgehead atoms. The van der Waals surface area contributed by atoms with Crippen molar-refractivity contribution in [2.45, 2.75) is 0 Å². The number of anilines is 1. The van der Waals surface area contributed by atoms with Gasteiger partial charge in [0.25, 0.3) is 0 Å². The van der Waals surface area contributed by atoms with Crippen molar-refractivity contribution >= 4 is 27.5 Å². The zero-order valence-electron chi connectivity index (χ0n) is 17.3. The van der Waals surface area contributed by atoms with Gasteiger partial charge in [-0.25, -0.2) is 4.39 Å². The highest BCUT2D eigenvalue weighted by atomic mass is 19.1. The first-order chi connectivity index (χ1) is 16.0. The Balaban J connectivity index is 1.51. The number of nitrogens with one attached hydrogen (secondary N) is 2. The number of phenols is 1. The lowest BCUT2D eigenvalue weighted by Gasteiger charge is -2.05. The first kappa shape index (κ1) is 19.1. The van der Waals surface area contributed by atoms with E-state index in [1.165, 1.54) is 6.07 Å². The van der Waals surface area contributed by atoms with Crippen LogP contribution in [0.5, 0.6) is 5.75 Å². The third-order valence-electron chi connectivity index (χ3n) is 5.77. The summed E-state index contributed by atoms with van der Waals surface area (Å²) in [4.78, 5) is 7.62. The van der Waals surface area contributed by atoms with Gasteiger partial charge in [-0.15, -0.1) is 0 Å². The van der Waals surface area contributed by atoms with Crippen molar-refractivity contribution in [1.29, 1.82) is 0 Å². The fourth-order valence-electron chi connectivity index (χ4n) is 4.28. The number of nitrogens with two attached hydrogens (primary N) is 1. The molecule has 0 saturated carbocycles. The molecule has 3 aromatic heterocycles. The zero-order chi connectivity index (χ0) is 22.5. The van der Waals surface area contributed by atoms with Crippen molar-refractivity contribution in [3.63, 3.8) is 0 Å². The predicted octanol–water partition coefficient (Wildman–Crippen LogP) is 5.87. The maximum atomic E-state index is 13.9. The molecule has 33 heavy (non-hydrogen) atoms. The van der Waals surface area contributed by atoms with Crippen molar-refractivity contribution in [3.8, 4) is 39.4 Å². The Morgan fingerprint density at radius 1 is 0.818 bits per heavy atom. The maximum Gasteiger partial charge on any atom is 0.127 e. The number of H-pyrrole nitrogens is 2. The van der Waals surface area contributed by atoms with E-state index in [0.29, 0.717) is 11.3 Å². The van der Waals surface area contributed by atoms with E-state index in [1.807, 2.05) is 42.5 Å². The molecule has 3 aromatic carbocycles. The second-order valence-electron chi connectivity index (χ2n) is 7.99. The zero-order valence-corrected chi connectivity index (χ0v) is 17.3. The van der Waals surface area contributed by atoms with Crippen molar-refractivity contribution in [2.24, 2.45) is 0 Å². The molecule has 6 nitrogen and oxygen atoms in total. The molecule has 160 valence electrons. The van der Waals surface area contributed by atoms with Crippen LogP contribution in [0.15, 0.2) is 79.1 Å². The van der Waals surface area contributed by atoms with E-state index < -0.39 is 5.82 Å². The van der Waals surface area contributed by atoms with Crippen LogP contribution in [0.4, 0.5) is 10.1 Å². The standard InChI is InChI=1S/C26H18FN5O/c27-17-6-15(8-19(33)10-17)20-2-1-3-23-21(20)11-25(30-23)26-22-9-14(4-5-24(22)31-32-26)16-7-18(28)13-29-12-16/h1-13,30,33H,28H2,(H,31,32). The van der Waals surface area contributed by atoms with E-state index in [1.54, 1.807) is 18.5 Å². The first-order valence-corrected chi connectivity index (χ1v) is 10.4. The summed E-state index contributed by atoms with van der Waals surface area (Å²) in [6.07, 6.45) is 3.40. The number of benzene rings is 3. The normalized spacial score (nSPS) is 11.4. The number of aromatic nitrogens is 4. The topological polar surface area (TPSA) is 104 Å². The van der Waals surface area contributed by atoms with Gasteiger partial charge in [0.1, 0.15) is 17.3 Å². The van der Waals surface area contributed by atoms with Crippen LogP contribution in [0.2, 0.25) is 0 Å². The van der Waals surface area contributed by atoms with Gasteiger partial charge in [-0.2, -0.15) is 5.10 Å².